The molecule has 3 amide bonds. The van der Waals surface area contributed by atoms with Crippen molar-refractivity contribution >= 4 is 29.3 Å². The van der Waals surface area contributed by atoms with Crippen molar-refractivity contribution in [3.63, 3.8) is 0 Å². The molecule has 1 N–H and O–H groups in total. The van der Waals surface area contributed by atoms with Gasteiger partial charge in [-0.2, -0.15) is 0 Å². The van der Waals surface area contributed by atoms with E-state index in [1.165, 1.54) is 0 Å². The van der Waals surface area contributed by atoms with Crippen LogP contribution in [-0.4, -0.2) is 52.6 Å². The molecule has 2 aliphatic heterocycles. The van der Waals surface area contributed by atoms with Crippen LogP contribution in [0.5, 0.6) is 0 Å². The minimum atomic E-state index is -0.512. The monoisotopic (exact) mass is 452 g/mol. The van der Waals surface area contributed by atoms with E-state index in [1.807, 2.05) is 67.9 Å². The Kier molecular flexibility index (Phi) is 6.44. The lowest BCUT2D eigenvalue weighted by Gasteiger charge is -2.34. The number of aromatic nitrogens is 1. The number of benzene rings is 1. The Morgan fingerprint density at radius 2 is 1.73 bits per heavy atom. The second-order valence-electron chi connectivity index (χ2n) is 9.65. The topological polar surface area (TPSA) is 83.9 Å². The lowest BCUT2D eigenvalue weighted by Crippen LogP contribution is -2.42. The Morgan fingerprint density at radius 3 is 2.33 bits per heavy atom. The van der Waals surface area contributed by atoms with Crippen LogP contribution in [0.2, 0.25) is 0 Å². The molecule has 0 spiro atoms. The molecule has 33 heavy (non-hydrogen) atoms. The molecule has 8 heteroatoms. The lowest BCUT2D eigenvalue weighted by atomic mass is 10.0. The highest BCUT2D eigenvalue weighted by Crippen LogP contribution is 2.27. The summed E-state index contributed by atoms with van der Waals surface area (Å²) >= 11 is 0. The molecule has 4 rings (SSSR count). The third kappa shape index (κ3) is 5.38. The number of carbonyl (C=O) groups excluding carboxylic acids is 3. The third-order valence-electron chi connectivity index (χ3n) is 6.03. The summed E-state index contributed by atoms with van der Waals surface area (Å²) in [5.74, 6) is -0.0399. The molecule has 176 valence electrons. The van der Waals surface area contributed by atoms with Crippen molar-refractivity contribution in [2.24, 2.45) is 0 Å². The van der Waals surface area contributed by atoms with E-state index >= 15 is 0 Å². The molecular weight excluding hydrogens is 420 g/mol. The Balaban J connectivity index is 1.36. The summed E-state index contributed by atoms with van der Waals surface area (Å²) in [7, 11) is 0. The molecule has 2 fully saturated rings. The van der Waals surface area contributed by atoms with Gasteiger partial charge < -0.3 is 24.4 Å². The molecular formula is C25H32N4O4. The van der Waals surface area contributed by atoms with E-state index in [2.05, 4.69) is 5.32 Å². The first-order chi connectivity index (χ1) is 15.7. The van der Waals surface area contributed by atoms with Crippen LogP contribution in [0.25, 0.3) is 0 Å². The number of piperidine rings is 1. The van der Waals surface area contributed by atoms with E-state index in [0.717, 1.165) is 31.5 Å². The minimum absolute atomic E-state index is 0.141. The standard InChI is InChI=1S/C25H32N4O4/c1-25(2,3)33-24(32)27-16-12-20(13-17-27)28-14-4-6-21(28)23(31)26-18-8-10-19(11-9-18)29-15-5-7-22(29)30/h4,6,8-11,14,20H,5,7,12-13,15-17H2,1-3H3,(H,26,31). The molecule has 0 aliphatic carbocycles. The minimum Gasteiger partial charge on any atom is -0.444 e. The van der Waals surface area contributed by atoms with Crippen LogP contribution in [-0.2, 0) is 9.53 Å². The van der Waals surface area contributed by atoms with Gasteiger partial charge in [-0.1, -0.05) is 0 Å². The van der Waals surface area contributed by atoms with Crippen molar-refractivity contribution in [2.75, 3.05) is 29.9 Å². The largest absolute Gasteiger partial charge is 0.444 e. The lowest BCUT2D eigenvalue weighted by molar-refractivity contribution is -0.117. The number of hydrogen-bond acceptors (Lipinski definition) is 4. The fourth-order valence-corrected chi connectivity index (χ4v) is 4.40. The van der Waals surface area contributed by atoms with Gasteiger partial charge in [0.15, 0.2) is 0 Å². The number of hydrogen-bond donors (Lipinski definition) is 1. The smallest absolute Gasteiger partial charge is 0.410 e. The summed E-state index contributed by atoms with van der Waals surface area (Å²) < 4.78 is 7.47. The number of ether oxygens (including phenoxy) is 1. The van der Waals surface area contributed by atoms with Gasteiger partial charge in [-0.15, -0.1) is 0 Å². The SMILES string of the molecule is CC(C)(C)OC(=O)N1CCC(n2cccc2C(=O)Nc2ccc(N3CCCC3=O)cc2)CC1. The van der Waals surface area contributed by atoms with Crippen LogP contribution in [0.15, 0.2) is 42.6 Å². The normalized spacial score (nSPS) is 17.4. The predicted octanol–water partition coefficient (Wildman–Crippen LogP) is 4.44. The maximum atomic E-state index is 13.0. The summed E-state index contributed by atoms with van der Waals surface area (Å²) in [5.41, 5.74) is 1.62. The number of likely N-dealkylation sites (tertiary alicyclic amines) is 1. The first kappa shape index (κ1) is 22.9. The highest BCUT2D eigenvalue weighted by Gasteiger charge is 2.29. The first-order valence-corrected chi connectivity index (χ1v) is 11.6. The van der Waals surface area contributed by atoms with E-state index < -0.39 is 5.60 Å². The zero-order valence-electron chi connectivity index (χ0n) is 19.5. The highest BCUT2D eigenvalue weighted by molar-refractivity contribution is 6.03. The van der Waals surface area contributed by atoms with Crippen LogP contribution >= 0.6 is 0 Å². The van der Waals surface area contributed by atoms with Crippen LogP contribution in [0.4, 0.5) is 16.2 Å². The Morgan fingerprint density at radius 1 is 1.03 bits per heavy atom. The average molecular weight is 453 g/mol. The Hall–Kier alpha value is -3.29. The van der Waals surface area contributed by atoms with Crippen LogP contribution < -0.4 is 10.2 Å². The zero-order chi connectivity index (χ0) is 23.6. The molecule has 8 nitrogen and oxygen atoms in total. The van der Waals surface area contributed by atoms with Crippen molar-refractivity contribution in [2.45, 2.75) is 58.1 Å². The van der Waals surface area contributed by atoms with Gasteiger partial charge in [-0.25, -0.2) is 4.79 Å². The molecule has 0 radical (unpaired) electrons. The molecule has 1 aromatic carbocycles. The maximum Gasteiger partial charge on any atom is 0.410 e. The molecule has 0 unspecified atom stereocenters. The van der Waals surface area contributed by atoms with Crippen LogP contribution in [0.3, 0.4) is 0 Å². The van der Waals surface area contributed by atoms with Gasteiger partial charge in [-0.3, -0.25) is 9.59 Å². The van der Waals surface area contributed by atoms with Gasteiger partial charge in [0.1, 0.15) is 11.3 Å². The van der Waals surface area contributed by atoms with Crippen molar-refractivity contribution in [1.82, 2.24) is 9.47 Å². The number of rotatable bonds is 4. The molecule has 2 aliphatic rings. The Labute approximate surface area is 194 Å². The first-order valence-electron chi connectivity index (χ1n) is 11.6. The van der Waals surface area contributed by atoms with Crippen molar-refractivity contribution < 1.29 is 19.1 Å². The fourth-order valence-electron chi connectivity index (χ4n) is 4.40. The zero-order valence-corrected chi connectivity index (χ0v) is 19.5. The molecule has 2 aromatic rings. The predicted molar refractivity (Wildman–Crippen MR) is 126 cm³/mol. The van der Waals surface area contributed by atoms with Crippen molar-refractivity contribution in [3.05, 3.63) is 48.3 Å². The summed E-state index contributed by atoms with van der Waals surface area (Å²) in [6, 6.07) is 11.2. The van der Waals surface area contributed by atoms with Gasteiger partial charge >= 0.3 is 6.09 Å². The van der Waals surface area contributed by atoms with Crippen LogP contribution in [0, 0.1) is 0 Å². The molecule has 0 atom stereocenters. The summed E-state index contributed by atoms with van der Waals surface area (Å²) in [4.78, 5) is 40.7. The number of nitrogens with one attached hydrogen (secondary N) is 1. The maximum absolute atomic E-state index is 13.0. The average Bonchev–Trinajstić information content (AvgIpc) is 3.42. The van der Waals surface area contributed by atoms with Gasteiger partial charge in [0.05, 0.1) is 0 Å². The van der Waals surface area contributed by atoms with E-state index in [9.17, 15) is 14.4 Å². The van der Waals surface area contributed by atoms with Gasteiger partial charge in [0.25, 0.3) is 5.91 Å². The number of carbonyl (C=O) groups is 3. The second-order valence-corrected chi connectivity index (χ2v) is 9.65. The molecule has 0 bridgehead atoms. The van der Waals surface area contributed by atoms with Crippen LogP contribution in [0.1, 0.15) is 63.0 Å². The summed E-state index contributed by atoms with van der Waals surface area (Å²) in [6.07, 6.45) is 4.62. The molecule has 1 aromatic heterocycles. The Bertz CT molecular complexity index is 1010. The number of anilines is 2. The third-order valence-corrected chi connectivity index (χ3v) is 6.03. The van der Waals surface area contributed by atoms with E-state index in [1.54, 1.807) is 9.80 Å². The number of nitrogens with zero attached hydrogens (tertiary/aromatic N) is 3. The van der Waals surface area contributed by atoms with Gasteiger partial charge in [0.2, 0.25) is 5.91 Å². The fraction of sp³-hybridized carbons (Fsp3) is 0.480. The van der Waals surface area contributed by atoms with E-state index in [-0.39, 0.29) is 23.9 Å². The molecule has 3 heterocycles. The summed E-state index contributed by atoms with van der Waals surface area (Å²) in [6.45, 7) is 7.52. The quantitative estimate of drug-likeness (QED) is 0.743. The highest BCUT2D eigenvalue weighted by atomic mass is 16.6. The summed E-state index contributed by atoms with van der Waals surface area (Å²) in [5, 5.41) is 2.96. The molecule has 0 saturated carbocycles. The second kappa shape index (κ2) is 9.29. The van der Waals surface area contributed by atoms with Gasteiger partial charge in [-0.05, 0) is 76.4 Å². The molecule has 2 saturated heterocycles. The number of amides is 3. The van der Waals surface area contributed by atoms with E-state index in [4.69, 9.17) is 4.74 Å². The van der Waals surface area contributed by atoms with Crippen molar-refractivity contribution in [3.8, 4) is 0 Å². The van der Waals surface area contributed by atoms with E-state index in [0.29, 0.717) is 30.9 Å². The van der Waals surface area contributed by atoms with Gasteiger partial charge in [0, 0.05) is 49.7 Å². The van der Waals surface area contributed by atoms with Crippen molar-refractivity contribution in [1.29, 1.82) is 0 Å².